The number of nitrogens with zero attached hydrogens (tertiary/aromatic N) is 2. The standard InChI is InChI=1S/C21H33N3O2S/c1-15(2)19(25)22-11-10-18-14-27-20(23-18)17-9-6-12-24(13-17)21(26)16-7-4-3-5-8-16/h14-17H,3-13H2,1-2H3,(H,22,25)/t17-/m0/s1. The summed E-state index contributed by atoms with van der Waals surface area (Å²) < 4.78 is 0. The van der Waals surface area contributed by atoms with Crippen LogP contribution in [0.3, 0.4) is 0 Å². The minimum absolute atomic E-state index is 0.0194. The van der Waals surface area contributed by atoms with Crippen LogP contribution in [0.15, 0.2) is 5.38 Å². The number of aromatic nitrogens is 1. The molecule has 2 amide bonds. The molecule has 1 saturated carbocycles. The Kier molecular flexibility index (Phi) is 7.27. The van der Waals surface area contributed by atoms with E-state index in [4.69, 9.17) is 4.98 Å². The van der Waals surface area contributed by atoms with Crippen LogP contribution in [0, 0.1) is 11.8 Å². The number of amides is 2. The van der Waals surface area contributed by atoms with Crippen LogP contribution < -0.4 is 5.32 Å². The summed E-state index contributed by atoms with van der Waals surface area (Å²) in [6.07, 6.45) is 8.80. The smallest absolute Gasteiger partial charge is 0.225 e. The first-order chi connectivity index (χ1) is 13.0. The molecule has 6 heteroatoms. The average molecular weight is 392 g/mol. The van der Waals surface area contributed by atoms with Crippen molar-refractivity contribution in [2.75, 3.05) is 19.6 Å². The number of nitrogens with one attached hydrogen (secondary N) is 1. The highest BCUT2D eigenvalue weighted by atomic mass is 32.1. The number of hydrogen-bond acceptors (Lipinski definition) is 4. The van der Waals surface area contributed by atoms with Crippen molar-refractivity contribution in [3.63, 3.8) is 0 Å². The van der Waals surface area contributed by atoms with Crippen molar-refractivity contribution in [1.82, 2.24) is 15.2 Å². The third kappa shape index (κ3) is 5.53. The number of rotatable bonds is 6. The Labute approximate surface area is 166 Å². The minimum atomic E-state index is 0.0194. The van der Waals surface area contributed by atoms with Crippen molar-refractivity contribution in [2.24, 2.45) is 11.8 Å². The quantitative estimate of drug-likeness (QED) is 0.803. The molecule has 1 aromatic rings. The van der Waals surface area contributed by atoms with Gasteiger partial charge in [-0.2, -0.15) is 0 Å². The molecule has 1 aliphatic carbocycles. The molecule has 2 aliphatic rings. The van der Waals surface area contributed by atoms with E-state index in [9.17, 15) is 9.59 Å². The fourth-order valence-corrected chi connectivity index (χ4v) is 5.11. The molecule has 0 aromatic carbocycles. The average Bonchev–Trinajstić information content (AvgIpc) is 3.17. The zero-order valence-electron chi connectivity index (χ0n) is 16.7. The van der Waals surface area contributed by atoms with Gasteiger partial charge in [-0.25, -0.2) is 4.98 Å². The number of carbonyl (C=O) groups excluding carboxylic acids is 2. The molecule has 0 bridgehead atoms. The van der Waals surface area contributed by atoms with Crippen molar-refractivity contribution < 1.29 is 9.59 Å². The lowest BCUT2D eigenvalue weighted by Gasteiger charge is -2.35. The van der Waals surface area contributed by atoms with Gasteiger partial charge in [0.25, 0.3) is 0 Å². The molecule has 1 N–H and O–H groups in total. The number of thiazole rings is 1. The van der Waals surface area contributed by atoms with Gasteiger partial charge in [-0.1, -0.05) is 33.1 Å². The van der Waals surface area contributed by atoms with E-state index in [1.807, 2.05) is 13.8 Å². The predicted octanol–water partition coefficient (Wildman–Crippen LogP) is 3.74. The van der Waals surface area contributed by atoms with Crippen molar-refractivity contribution in [3.05, 3.63) is 16.1 Å². The van der Waals surface area contributed by atoms with Crippen LogP contribution in [-0.2, 0) is 16.0 Å². The zero-order valence-corrected chi connectivity index (χ0v) is 17.5. The Morgan fingerprint density at radius 1 is 1.22 bits per heavy atom. The summed E-state index contributed by atoms with van der Waals surface area (Å²) in [5, 5.41) is 6.21. The lowest BCUT2D eigenvalue weighted by Crippen LogP contribution is -2.42. The molecule has 1 atom stereocenters. The van der Waals surface area contributed by atoms with Crippen molar-refractivity contribution in [1.29, 1.82) is 0 Å². The molecule has 1 aliphatic heterocycles. The molecule has 2 fully saturated rings. The van der Waals surface area contributed by atoms with E-state index in [1.165, 1.54) is 19.3 Å². The Hall–Kier alpha value is -1.43. The highest BCUT2D eigenvalue weighted by Crippen LogP contribution is 2.32. The molecule has 0 unspecified atom stereocenters. The molecule has 0 spiro atoms. The van der Waals surface area contributed by atoms with Crippen LogP contribution in [0.1, 0.15) is 75.4 Å². The van der Waals surface area contributed by atoms with Crippen molar-refractivity contribution in [2.45, 2.75) is 71.1 Å². The van der Waals surface area contributed by atoms with Gasteiger partial charge >= 0.3 is 0 Å². The van der Waals surface area contributed by atoms with Crippen molar-refractivity contribution >= 4 is 23.2 Å². The molecule has 1 aromatic heterocycles. The molecule has 27 heavy (non-hydrogen) atoms. The molecule has 0 radical (unpaired) electrons. The summed E-state index contributed by atoms with van der Waals surface area (Å²) in [7, 11) is 0. The van der Waals surface area contributed by atoms with E-state index in [1.54, 1.807) is 11.3 Å². The largest absolute Gasteiger partial charge is 0.355 e. The maximum Gasteiger partial charge on any atom is 0.225 e. The van der Waals surface area contributed by atoms with Crippen LogP contribution >= 0.6 is 11.3 Å². The zero-order chi connectivity index (χ0) is 19.2. The lowest BCUT2D eigenvalue weighted by atomic mass is 9.87. The molecular weight excluding hydrogens is 358 g/mol. The first kappa shape index (κ1) is 20.3. The summed E-state index contributed by atoms with van der Waals surface area (Å²) in [6, 6.07) is 0. The first-order valence-electron chi connectivity index (χ1n) is 10.6. The van der Waals surface area contributed by atoms with E-state index < -0.39 is 0 Å². The first-order valence-corrected chi connectivity index (χ1v) is 11.4. The van der Waals surface area contributed by atoms with Gasteiger partial charge in [0.05, 0.1) is 10.7 Å². The van der Waals surface area contributed by atoms with Crippen LogP contribution in [0.25, 0.3) is 0 Å². The second-order valence-corrected chi connectivity index (χ2v) is 9.22. The van der Waals surface area contributed by atoms with Crippen molar-refractivity contribution in [3.8, 4) is 0 Å². The van der Waals surface area contributed by atoms with E-state index in [0.717, 1.165) is 55.9 Å². The maximum absolute atomic E-state index is 12.9. The molecule has 150 valence electrons. The van der Waals surface area contributed by atoms with Gasteiger partial charge < -0.3 is 10.2 Å². The maximum atomic E-state index is 12.9. The summed E-state index contributed by atoms with van der Waals surface area (Å²) in [6.45, 7) is 6.17. The van der Waals surface area contributed by atoms with Crippen LogP contribution in [0.4, 0.5) is 0 Å². The summed E-state index contributed by atoms with van der Waals surface area (Å²) in [5.41, 5.74) is 1.05. The fourth-order valence-electron chi connectivity index (χ4n) is 4.13. The van der Waals surface area contributed by atoms with Gasteiger partial charge in [-0.3, -0.25) is 9.59 Å². The van der Waals surface area contributed by atoms with E-state index in [-0.39, 0.29) is 17.7 Å². The topological polar surface area (TPSA) is 62.3 Å². The van der Waals surface area contributed by atoms with E-state index in [0.29, 0.717) is 18.4 Å². The second-order valence-electron chi connectivity index (χ2n) is 8.33. The highest BCUT2D eigenvalue weighted by Gasteiger charge is 2.31. The Morgan fingerprint density at radius 3 is 2.74 bits per heavy atom. The second kappa shape index (κ2) is 9.67. The Balaban J connectivity index is 1.51. The predicted molar refractivity (Wildman–Crippen MR) is 109 cm³/mol. The van der Waals surface area contributed by atoms with Gasteiger partial charge in [-0.15, -0.1) is 11.3 Å². The number of likely N-dealkylation sites (tertiary alicyclic amines) is 1. The third-order valence-electron chi connectivity index (χ3n) is 5.81. The molecule has 5 nitrogen and oxygen atoms in total. The molecule has 2 heterocycles. The van der Waals surface area contributed by atoms with Gasteiger partial charge in [0.1, 0.15) is 0 Å². The monoisotopic (exact) mass is 391 g/mol. The molecular formula is C21H33N3O2S. The Morgan fingerprint density at radius 2 is 2.00 bits per heavy atom. The summed E-state index contributed by atoms with van der Waals surface area (Å²) >= 11 is 1.71. The van der Waals surface area contributed by atoms with E-state index in [2.05, 4.69) is 15.6 Å². The van der Waals surface area contributed by atoms with Crippen LogP contribution in [0.2, 0.25) is 0 Å². The van der Waals surface area contributed by atoms with Crippen LogP contribution in [0.5, 0.6) is 0 Å². The van der Waals surface area contributed by atoms with Gasteiger partial charge in [-0.05, 0) is 25.7 Å². The normalized spacial score (nSPS) is 21.4. The number of carbonyl (C=O) groups is 2. The highest BCUT2D eigenvalue weighted by molar-refractivity contribution is 7.09. The third-order valence-corrected chi connectivity index (χ3v) is 6.87. The molecule has 1 saturated heterocycles. The number of hydrogen-bond donors (Lipinski definition) is 1. The fraction of sp³-hybridized carbons (Fsp3) is 0.762. The lowest BCUT2D eigenvalue weighted by molar-refractivity contribution is -0.137. The molecule has 3 rings (SSSR count). The number of piperidine rings is 1. The Bertz CT molecular complexity index is 637. The van der Waals surface area contributed by atoms with Gasteiger partial charge in [0.2, 0.25) is 11.8 Å². The summed E-state index contributed by atoms with van der Waals surface area (Å²) in [5.74, 6) is 1.12. The van der Waals surface area contributed by atoms with Gasteiger partial charge in [0.15, 0.2) is 0 Å². The SMILES string of the molecule is CC(C)C(=O)NCCc1csc([C@H]2CCCN(C(=O)C3CCCCC3)C2)n1. The minimum Gasteiger partial charge on any atom is -0.355 e. The van der Waals surface area contributed by atoms with Gasteiger partial charge in [0, 0.05) is 49.2 Å². The van der Waals surface area contributed by atoms with E-state index >= 15 is 0 Å². The summed E-state index contributed by atoms with van der Waals surface area (Å²) in [4.78, 5) is 31.4. The van der Waals surface area contributed by atoms with Crippen LogP contribution in [-0.4, -0.2) is 41.3 Å².